The van der Waals surface area contributed by atoms with Crippen molar-refractivity contribution in [1.29, 1.82) is 5.26 Å². The molecule has 3 N–H and O–H groups in total. The van der Waals surface area contributed by atoms with E-state index >= 15 is 0 Å². The Balaban J connectivity index is 2.55. The van der Waals surface area contributed by atoms with Crippen LogP contribution in [0.5, 0.6) is 0 Å². The second-order valence-electron chi connectivity index (χ2n) is 4.80. The van der Waals surface area contributed by atoms with Gasteiger partial charge in [-0.05, 0) is 56.6 Å². The van der Waals surface area contributed by atoms with Crippen LogP contribution in [0.1, 0.15) is 30.9 Å². The van der Waals surface area contributed by atoms with Crippen molar-refractivity contribution in [2.45, 2.75) is 25.2 Å². The monoisotopic (exact) mass is 243 g/mol. The van der Waals surface area contributed by atoms with Crippen LogP contribution in [0, 0.1) is 11.3 Å². The van der Waals surface area contributed by atoms with Gasteiger partial charge in [-0.3, -0.25) is 4.79 Å². The van der Waals surface area contributed by atoms with Gasteiger partial charge in [0.1, 0.15) is 5.78 Å². The van der Waals surface area contributed by atoms with Crippen molar-refractivity contribution in [2.24, 2.45) is 0 Å². The first kappa shape index (κ1) is 12.6. The first-order valence-corrected chi connectivity index (χ1v) is 6.12. The molecule has 0 unspecified atom stereocenters. The number of nitrogen functional groups attached to an aromatic ring is 1. The summed E-state index contributed by atoms with van der Waals surface area (Å²) in [6.07, 6.45) is 1.48. The van der Waals surface area contributed by atoms with Gasteiger partial charge in [0.05, 0.1) is 17.0 Å². The third kappa shape index (κ3) is 1.98. The molecule has 0 aliphatic carbocycles. The molecule has 18 heavy (non-hydrogen) atoms. The van der Waals surface area contributed by atoms with E-state index in [1.54, 1.807) is 25.1 Å². The van der Waals surface area contributed by atoms with Crippen molar-refractivity contribution < 1.29 is 4.79 Å². The molecule has 94 valence electrons. The van der Waals surface area contributed by atoms with Crippen LogP contribution in [0.2, 0.25) is 0 Å². The van der Waals surface area contributed by atoms with E-state index in [0.29, 0.717) is 11.3 Å². The predicted molar refractivity (Wildman–Crippen MR) is 70.0 cm³/mol. The molecule has 0 radical (unpaired) electrons. The highest BCUT2D eigenvalue weighted by atomic mass is 16.1. The Hall–Kier alpha value is -1.86. The highest BCUT2D eigenvalue weighted by Crippen LogP contribution is 2.38. The summed E-state index contributed by atoms with van der Waals surface area (Å²) in [5.74, 6) is 0.130. The summed E-state index contributed by atoms with van der Waals surface area (Å²) in [5, 5.41) is 12.2. The van der Waals surface area contributed by atoms with Gasteiger partial charge in [-0.1, -0.05) is 0 Å². The van der Waals surface area contributed by atoms with Crippen LogP contribution in [-0.4, -0.2) is 18.9 Å². The molecule has 1 fully saturated rings. The van der Waals surface area contributed by atoms with Crippen LogP contribution in [0.4, 0.5) is 5.69 Å². The number of carbonyl (C=O) groups excluding carboxylic acids is 1. The van der Waals surface area contributed by atoms with Crippen LogP contribution in [0.3, 0.4) is 0 Å². The van der Waals surface area contributed by atoms with Crippen LogP contribution < -0.4 is 11.1 Å². The topological polar surface area (TPSA) is 78.9 Å². The van der Waals surface area contributed by atoms with Crippen molar-refractivity contribution in [2.75, 3.05) is 18.8 Å². The summed E-state index contributed by atoms with van der Waals surface area (Å²) in [5.41, 5.74) is 7.46. The van der Waals surface area contributed by atoms with E-state index in [1.165, 1.54) is 0 Å². The molecule has 1 aromatic carbocycles. The predicted octanol–water partition coefficient (Wildman–Crippen LogP) is 1.35. The average molecular weight is 243 g/mol. The third-order valence-corrected chi connectivity index (χ3v) is 3.83. The minimum absolute atomic E-state index is 0.130. The summed E-state index contributed by atoms with van der Waals surface area (Å²) in [6, 6.07) is 7.28. The standard InChI is InChI=1S/C14H17N3O/c1-10(18)14(4-6-17-7-5-14)12-8-11(9-15)2-3-13(12)16/h2-3,8,17H,4-7,16H2,1H3. The zero-order valence-electron chi connectivity index (χ0n) is 10.5. The van der Waals surface area contributed by atoms with E-state index in [9.17, 15) is 4.79 Å². The SMILES string of the molecule is CC(=O)C1(c2cc(C#N)ccc2N)CCNCC1. The number of Topliss-reactive ketones (excluding diaryl/α,β-unsaturated/α-hetero) is 1. The number of ketones is 1. The number of hydrogen-bond acceptors (Lipinski definition) is 4. The molecule has 4 heteroatoms. The first-order valence-electron chi connectivity index (χ1n) is 6.12. The number of nitriles is 1. The van der Waals surface area contributed by atoms with Gasteiger partial charge in [0.2, 0.25) is 0 Å². The fraction of sp³-hybridized carbons (Fsp3) is 0.429. The second kappa shape index (κ2) is 4.79. The van der Waals surface area contributed by atoms with Crippen LogP contribution in [0.25, 0.3) is 0 Å². The van der Waals surface area contributed by atoms with Crippen LogP contribution >= 0.6 is 0 Å². The molecule has 0 aromatic heterocycles. The lowest BCUT2D eigenvalue weighted by Crippen LogP contribution is -2.45. The van der Waals surface area contributed by atoms with Gasteiger partial charge in [-0.25, -0.2) is 0 Å². The van der Waals surface area contributed by atoms with Gasteiger partial charge in [-0.2, -0.15) is 5.26 Å². The molecule has 1 heterocycles. The lowest BCUT2D eigenvalue weighted by molar-refractivity contribution is -0.123. The average Bonchev–Trinajstić information content (AvgIpc) is 2.40. The Morgan fingerprint density at radius 3 is 2.67 bits per heavy atom. The summed E-state index contributed by atoms with van der Waals surface area (Å²) in [6.45, 7) is 3.22. The summed E-state index contributed by atoms with van der Waals surface area (Å²) >= 11 is 0. The van der Waals surface area contributed by atoms with E-state index in [4.69, 9.17) is 11.0 Å². The van der Waals surface area contributed by atoms with Crippen molar-refractivity contribution in [3.63, 3.8) is 0 Å². The number of nitrogens with one attached hydrogen (secondary N) is 1. The fourth-order valence-electron chi connectivity index (χ4n) is 2.70. The van der Waals surface area contributed by atoms with Gasteiger partial charge < -0.3 is 11.1 Å². The highest BCUT2D eigenvalue weighted by Gasteiger charge is 2.39. The maximum absolute atomic E-state index is 12.1. The van der Waals surface area contributed by atoms with Crippen molar-refractivity contribution >= 4 is 11.5 Å². The van der Waals surface area contributed by atoms with E-state index in [1.807, 2.05) is 0 Å². The lowest BCUT2D eigenvalue weighted by atomic mass is 9.69. The number of nitrogens with zero attached hydrogens (tertiary/aromatic N) is 1. The van der Waals surface area contributed by atoms with E-state index in [2.05, 4.69) is 11.4 Å². The Labute approximate surface area is 107 Å². The van der Waals surface area contributed by atoms with Crippen molar-refractivity contribution in [3.8, 4) is 6.07 Å². The molecular weight excluding hydrogens is 226 g/mol. The highest BCUT2D eigenvalue weighted by molar-refractivity contribution is 5.90. The van der Waals surface area contributed by atoms with E-state index in [0.717, 1.165) is 31.5 Å². The molecule has 2 rings (SSSR count). The number of carbonyl (C=O) groups is 1. The molecular formula is C14H17N3O. The maximum atomic E-state index is 12.1. The quantitative estimate of drug-likeness (QED) is 0.768. The van der Waals surface area contributed by atoms with Crippen molar-refractivity contribution in [1.82, 2.24) is 5.32 Å². The van der Waals surface area contributed by atoms with E-state index in [-0.39, 0.29) is 5.78 Å². The van der Waals surface area contributed by atoms with E-state index < -0.39 is 5.41 Å². The second-order valence-corrected chi connectivity index (χ2v) is 4.80. The maximum Gasteiger partial charge on any atom is 0.140 e. The van der Waals surface area contributed by atoms with Gasteiger partial charge in [-0.15, -0.1) is 0 Å². The van der Waals surface area contributed by atoms with Crippen LogP contribution in [-0.2, 0) is 10.2 Å². The Morgan fingerprint density at radius 2 is 2.11 bits per heavy atom. The normalized spacial score (nSPS) is 18.0. The largest absolute Gasteiger partial charge is 0.398 e. The molecule has 0 saturated carbocycles. The van der Waals surface area contributed by atoms with Gasteiger partial charge in [0.25, 0.3) is 0 Å². The fourth-order valence-corrected chi connectivity index (χ4v) is 2.70. The van der Waals surface area contributed by atoms with Crippen molar-refractivity contribution in [3.05, 3.63) is 29.3 Å². The zero-order chi connectivity index (χ0) is 13.2. The molecule has 1 aromatic rings. The Bertz CT molecular complexity index is 510. The molecule has 1 aliphatic rings. The molecule has 0 atom stereocenters. The third-order valence-electron chi connectivity index (χ3n) is 3.83. The molecule has 1 aliphatic heterocycles. The first-order chi connectivity index (χ1) is 8.60. The molecule has 0 amide bonds. The lowest BCUT2D eigenvalue weighted by Gasteiger charge is -2.36. The number of anilines is 1. The Kier molecular flexibility index (Phi) is 3.35. The number of benzene rings is 1. The summed E-state index contributed by atoms with van der Waals surface area (Å²) in [7, 11) is 0. The van der Waals surface area contributed by atoms with Gasteiger partial charge >= 0.3 is 0 Å². The summed E-state index contributed by atoms with van der Waals surface area (Å²) < 4.78 is 0. The summed E-state index contributed by atoms with van der Waals surface area (Å²) in [4.78, 5) is 12.1. The smallest absolute Gasteiger partial charge is 0.140 e. The van der Waals surface area contributed by atoms with Gasteiger partial charge in [0.15, 0.2) is 0 Å². The Morgan fingerprint density at radius 1 is 1.44 bits per heavy atom. The molecule has 4 nitrogen and oxygen atoms in total. The minimum Gasteiger partial charge on any atom is -0.398 e. The number of nitrogens with two attached hydrogens (primary N) is 1. The molecule has 0 spiro atoms. The minimum atomic E-state index is -0.526. The zero-order valence-corrected chi connectivity index (χ0v) is 10.5. The number of piperidine rings is 1. The van der Waals surface area contributed by atoms with Crippen LogP contribution in [0.15, 0.2) is 18.2 Å². The van der Waals surface area contributed by atoms with Gasteiger partial charge in [0, 0.05) is 5.69 Å². The molecule has 1 saturated heterocycles. The molecule has 0 bridgehead atoms. The number of rotatable bonds is 2. The number of hydrogen-bond donors (Lipinski definition) is 2.